The molecule has 5 nitrogen and oxygen atoms in total. The van der Waals surface area contributed by atoms with E-state index in [1.54, 1.807) is 0 Å². The molecule has 1 heterocycles. The zero-order valence-electron chi connectivity index (χ0n) is 11.8. The second-order valence-corrected chi connectivity index (χ2v) is 5.43. The maximum atomic E-state index is 11.7. The molecule has 0 bridgehead atoms. The summed E-state index contributed by atoms with van der Waals surface area (Å²) in [5.41, 5.74) is 1.75. The van der Waals surface area contributed by atoms with E-state index < -0.39 is 0 Å². The van der Waals surface area contributed by atoms with Gasteiger partial charge in [0, 0.05) is 6.54 Å². The molecule has 0 aliphatic carbocycles. The number of hydrogen-bond donors (Lipinski definition) is 2. The average Bonchev–Trinajstić information content (AvgIpc) is 2.42. The van der Waals surface area contributed by atoms with E-state index in [1.807, 2.05) is 43.3 Å². The Kier molecular flexibility index (Phi) is 4.92. The van der Waals surface area contributed by atoms with Gasteiger partial charge in [-0.2, -0.15) is 0 Å². The fourth-order valence-corrected chi connectivity index (χ4v) is 2.37. The number of nitrogens with zero attached hydrogens (tertiary/aromatic N) is 2. The minimum absolute atomic E-state index is 0.0406. The van der Waals surface area contributed by atoms with Gasteiger partial charge in [-0.05, 0) is 51.4 Å². The van der Waals surface area contributed by atoms with Crippen molar-refractivity contribution < 1.29 is 4.79 Å². The molecule has 6 heteroatoms. The van der Waals surface area contributed by atoms with E-state index in [2.05, 4.69) is 15.5 Å². The lowest BCUT2D eigenvalue weighted by Gasteiger charge is -2.31. The Morgan fingerprint density at radius 3 is 2.95 bits per heavy atom. The van der Waals surface area contributed by atoms with Gasteiger partial charge in [-0.3, -0.25) is 4.79 Å². The monoisotopic (exact) mass is 292 g/mol. The zero-order valence-corrected chi connectivity index (χ0v) is 12.7. The Balaban J connectivity index is 1.98. The van der Waals surface area contributed by atoms with E-state index in [0.29, 0.717) is 5.11 Å². The summed E-state index contributed by atoms with van der Waals surface area (Å²) in [6.07, 6.45) is 1.01. The molecule has 0 aromatic heterocycles. The lowest BCUT2D eigenvalue weighted by Crippen LogP contribution is -2.47. The third-order valence-electron chi connectivity index (χ3n) is 3.07. The molecule has 1 aliphatic heterocycles. The summed E-state index contributed by atoms with van der Waals surface area (Å²) >= 11 is 5.40. The first-order chi connectivity index (χ1) is 9.58. The topological polar surface area (TPSA) is 47.6 Å². The molecule has 0 radical (unpaired) electrons. The highest BCUT2D eigenvalue weighted by atomic mass is 32.1. The molecule has 2 N–H and O–H groups in total. The molecule has 0 saturated heterocycles. The third-order valence-corrected chi connectivity index (χ3v) is 3.44. The van der Waals surface area contributed by atoms with Crippen LogP contribution in [0.25, 0.3) is 0 Å². The summed E-state index contributed by atoms with van der Waals surface area (Å²) in [4.78, 5) is 15.7. The Bertz CT molecular complexity index is 504. The van der Waals surface area contributed by atoms with Crippen LogP contribution >= 0.6 is 12.2 Å². The number of anilines is 2. The molecule has 1 aliphatic rings. The van der Waals surface area contributed by atoms with Crippen molar-refractivity contribution in [3.05, 3.63) is 24.3 Å². The highest BCUT2D eigenvalue weighted by Gasteiger charge is 2.23. The van der Waals surface area contributed by atoms with Crippen molar-refractivity contribution in [3.8, 4) is 0 Å². The smallest absolute Gasteiger partial charge is 0.244 e. The van der Waals surface area contributed by atoms with Gasteiger partial charge >= 0.3 is 0 Å². The molecule has 1 aromatic carbocycles. The predicted molar refractivity (Wildman–Crippen MR) is 86.2 cm³/mol. The van der Waals surface area contributed by atoms with Crippen LogP contribution < -0.4 is 15.5 Å². The standard InChI is InChI=1S/C14H20N4OS/c1-17(2)9-5-8-15-14(20)18-10-13(19)16-11-6-3-4-7-12(11)18/h3-4,6-7H,5,8-10H2,1-2H3,(H,15,20)(H,16,19). The van der Waals surface area contributed by atoms with Crippen molar-refractivity contribution in [3.63, 3.8) is 0 Å². The highest BCUT2D eigenvalue weighted by molar-refractivity contribution is 7.80. The van der Waals surface area contributed by atoms with E-state index in [9.17, 15) is 4.79 Å². The molecule has 108 valence electrons. The van der Waals surface area contributed by atoms with Gasteiger partial charge in [-0.15, -0.1) is 0 Å². The SMILES string of the molecule is CN(C)CCCNC(=S)N1CC(=O)Nc2ccccc21. The number of hydrogen-bond acceptors (Lipinski definition) is 3. The van der Waals surface area contributed by atoms with E-state index >= 15 is 0 Å². The van der Waals surface area contributed by atoms with Crippen molar-refractivity contribution in [2.75, 3.05) is 43.9 Å². The maximum Gasteiger partial charge on any atom is 0.244 e. The summed E-state index contributed by atoms with van der Waals surface area (Å²) < 4.78 is 0. The second-order valence-electron chi connectivity index (χ2n) is 5.04. The molecule has 1 aromatic rings. The third kappa shape index (κ3) is 3.68. The van der Waals surface area contributed by atoms with Gasteiger partial charge in [-0.25, -0.2) is 0 Å². The Morgan fingerprint density at radius 2 is 2.20 bits per heavy atom. The second kappa shape index (κ2) is 6.67. The van der Waals surface area contributed by atoms with Crippen LogP contribution in [-0.2, 0) is 4.79 Å². The fourth-order valence-electron chi connectivity index (χ4n) is 2.10. The number of nitrogens with one attached hydrogen (secondary N) is 2. The molecular formula is C14H20N4OS. The minimum Gasteiger partial charge on any atom is -0.362 e. The average molecular weight is 292 g/mol. The normalized spacial score (nSPS) is 13.9. The highest BCUT2D eigenvalue weighted by Crippen LogP contribution is 2.28. The number of benzene rings is 1. The van der Waals surface area contributed by atoms with Crippen molar-refractivity contribution in [2.24, 2.45) is 0 Å². The molecule has 1 amide bonds. The molecule has 2 rings (SSSR count). The molecule has 0 unspecified atom stereocenters. The van der Waals surface area contributed by atoms with Gasteiger partial charge in [0.1, 0.15) is 6.54 Å². The lowest BCUT2D eigenvalue weighted by atomic mass is 10.2. The molecule has 0 atom stereocenters. The van der Waals surface area contributed by atoms with Gasteiger partial charge < -0.3 is 20.4 Å². The zero-order chi connectivity index (χ0) is 14.5. The fraction of sp³-hybridized carbons (Fsp3) is 0.429. The van der Waals surface area contributed by atoms with Crippen LogP contribution in [0.4, 0.5) is 11.4 Å². The van der Waals surface area contributed by atoms with Crippen molar-refractivity contribution in [2.45, 2.75) is 6.42 Å². The number of rotatable bonds is 4. The van der Waals surface area contributed by atoms with Crippen molar-refractivity contribution in [1.82, 2.24) is 10.2 Å². The van der Waals surface area contributed by atoms with Crippen molar-refractivity contribution in [1.29, 1.82) is 0 Å². The summed E-state index contributed by atoms with van der Waals surface area (Å²) in [7, 11) is 4.09. The van der Waals surface area contributed by atoms with Gasteiger partial charge in [0.05, 0.1) is 11.4 Å². The number of thiocarbonyl (C=S) groups is 1. The number of fused-ring (bicyclic) bond motifs is 1. The first-order valence-electron chi connectivity index (χ1n) is 6.67. The minimum atomic E-state index is -0.0406. The van der Waals surface area contributed by atoms with Crippen LogP contribution in [-0.4, -0.2) is 49.6 Å². The first kappa shape index (κ1) is 14.7. The first-order valence-corrected chi connectivity index (χ1v) is 7.08. The number of amides is 1. The van der Waals surface area contributed by atoms with Crippen LogP contribution in [0.1, 0.15) is 6.42 Å². The number of para-hydroxylation sites is 2. The Morgan fingerprint density at radius 1 is 1.45 bits per heavy atom. The lowest BCUT2D eigenvalue weighted by molar-refractivity contribution is -0.115. The maximum absolute atomic E-state index is 11.7. The molecule has 20 heavy (non-hydrogen) atoms. The van der Waals surface area contributed by atoms with E-state index in [1.165, 1.54) is 0 Å². The molecule has 0 spiro atoms. The summed E-state index contributed by atoms with van der Waals surface area (Å²) in [5.74, 6) is -0.0406. The molecule has 0 saturated carbocycles. The summed E-state index contributed by atoms with van der Waals surface area (Å²) in [6.45, 7) is 2.07. The van der Waals surface area contributed by atoms with Crippen LogP contribution in [0.15, 0.2) is 24.3 Å². The van der Waals surface area contributed by atoms with Crippen LogP contribution in [0.5, 0.6) is 0 Å². The molecule has 0 fully saturated rings. The van der Waals surface area contributed by atoms with Gasteiger partial charge in [0.25, 0.3) is 0 Å². The molecular weight excluding hydrogens is 272 g/mol. The van der Waals surface area contributed by atoms with Gasteiger partial charge in [-0.1, -0.05) is 12.1 Å². The van der Waals surface area contributed by atoms with E-state index in [4.69, 9.17) is 12.2 Å². The van der Waals surface area contributed by atoms with Crippen molar-refractivity contribution >= 4 is 34.6 Å². The van der Waals surface area contributed by atoms with E-state index in [0.717, 1.165) is 30.9 Å². The quantitative estimate of drug-likeness (QED) is 0.646. The Labute approximate surface area is 124 Å². The predicted octanol–water partition coefficient (Wildman–Crippen LogP) is 1.27. The van der Waals surface area contributed by atoms with Gasteiger partial charge in [0.2, 0.25) is 5.91 Å². The van der Waals surface area contributed by atoms with Crippen LogP contribution in [0.3, 0.4) is 0 Å². The van der Waals surface area contributed by atoms with Crippen LogP contribution in [0, 0.1) is 0 Å². The largest absolute Gasteiger partial charge is 0.362 e. The Hall–Kier alpha value is -1.66. The van der Waals surface area contributed by atoms with Gasteiger partial charge in [0.15, 0.2) is 5.11 Å². The summed E-state index contributed by atoms with van der Waals surface area (Å²) in [6, 6.07) is 7.69. The van der Waals surface area contributed by atoms with Crippen LogP contribution in [0.2, 0.25) is 0 Å². The number of carbonyl (C=O) groups is 1. The summed E-state index contributed by atoms with van der Waals surface area (Å²) in [5, 5.41) is 6.67. The van der Waals surface area contributed by atoms with E-state index in [-0.39, 0.29) is 12.5 Å². The number of carbonyl (C=O) groups excluding carboxylic acids is 1.